The van der Waals surface area contributed by atoms with Crippen molar-refractivity contribution >= 4 is 16.7 Å². The van der Waals surface area contributed by atoms with Crippen LogP contribution in [0.4, 0.5) is 0 Å². The third kappa shape index (κ3) is 3.30. The second-order valence-corrected chi connectivity index (χ2v) is 5.91. The number of ether oxygens (including phenoxy) is 2. The number of nitrogens with two attached hydrogens (primary N) is 1. The number of carbonyl (C=O) groups is 1. The molecule has 5 nitrogen and oxygen atoms in total. The zero-order chi connectivity index (χ0) is 16.4. The Labute approximate surface area is 136 Å². The van der Waals surface area contributed by atoms with Crippen molar-refractivity contribution in [2.75, 3.05) is 26.8 Å². The van der Waals surface area contributed by atoms with Crippen LogP contribution in [0.2, 0.25) is 0 Å². The number of methoxy groups -OCH3 is 1. The minimum atomic E-state index is -0.518. The SMILES string of the molecule is COc1ccc2cc([C@H](C)N3CCO[C@@H](C(N)=O)C3)ccc2c1. The fourth-order valence-electron chi connectivity index (χ4n) is 3.03. The first-order valence-electron chi connectivity index (χ1n) is 7.81. The fraction of sp³-hybridized carbons (Fsp3) is 0.389. The maximum Gasteiger partial charge on any atom is 0.247 e. The molecule has 0 bridgehead atoms. The van der Waals surface area contributed by atoms with Crippen LogP contribution in [0, 0.1) is 0 Å². The molecule has 1 aliphatic rings. The topological polar surface area (TPSA) is 64.8 Å². The Bertz CT molecular complexity index is 716. The largest absolute Gasteiger partial charge is 0.497 e. The molecule has 2 N–H and O–H groups in total. The zero-order valence-corrected chi connectivity index (χ0v) is 13.5. The molecule has 1 heterocycles. The van der Waals surface area contributed by atoms with E-state index < -0.39 is 12.0 Å². The summed E-state index contributed by atoms with van der Waals surface area (Å²) in [6.45, 7) is 4.01. The van der Waals surface area contributed by atoms with E-state index in [0.29, 0.717) is 13.2 Å². The van der Waals surface area contributed by atoms with Gasteiger partial charge in [0.2, 0.25) is 5.91 Å². The molecule has 1 fully saturated rings. The highest BCUT2D eigenvalue weighted by molar-refractivity contribution is 5.84. The van der Waals surface area contributed by atoms with Crippen LogP contribution in [0.15, 0.2) is 36.4 Å². The number of amides is 1. The number of hydrogen-bond donors (Lipinski definition) is 1. The summed E-state index contributed by atoms with van der Waals surface area (Å²) in [5.41, 5.74) is 6.58. The Balaban J connectivity index is 1.82. The Morgan fingerprint density at radius 3 is 2.78 bits per heavy atom. The molecule has 0 saturated carbocycles. The van der Waals surface area contributed by atoms with Gasteiger partial charge in [0.25, 0.3) is 0 Å². The van der Waals surface area contributed by atoms with Gasteiger partial charge in [0.15, 0.2) is 0 Å². The number of hydrogen-bond acceptors (Lipinski definition) is 4. The van der Waals surface area contributed by atoms with Crippen molar-refractivity contribution in [1.29, 1.82) is 0 Å². The van der Waals surface area contributed by atoms with Gasteiger partial charge in [0, 0.05) is 19.1 Å². The number of benzene rings is 2. The quantitative estimate of drug-likeness (QED) is 0.938. The highest BCUT2D eigenvalue weighted by atomic mass is 16.5. The summed E-state index contributed by atoms with van der Waals surface area (Å²) < 4.78 is 10.7. The summed E-state index contributed by atoms with van der Waals surface area (Å²) in [4.78, 5) is 13.6. The molecule has 0 radical (unpaired) electrons. The van der Waals surface area contributed by atoms with E-state index in [0.717, 1.165) is 17.7 Å². The van der Waals surface area contributed by atoms with Crippen molar-refractivity contribution in [1.82, 2.24) is 4.90 Å². The Hall–Kier alpha value is -2.11. The van der Waals surface area contributed by atoms with Crippen LogP contribution < -0.4 is 10.5 Å². The van der Waals surface area contributed by atoms with Crippen LogP contribution in [0.25, 0.3) is 10.8 Å². The van der Waals surface area contributed by atoms with E-state index in [1.54, 1.807) is 7.11 Å². The van der Waals surface area contributed by atoms with E-state index in [9.17, 15) is 4.79 Å². The van der Waals surface area contributed by atoms with E-state index in [2.05, 4.69) is 36.1 Å². The van der Waals surface area contributed by atoms with Gasteiger partial charge in [0.1, 0.15) is 11.9 Å². The average molecular weight is 314 g/mol. The maximum atomic E-state index is 11.4. The second-order valence-electron chi connectivity index (χ2n) is 5.91. The van der Waals surface area contributed by atoms with Crippen LogP contribution in [0.3, 0.4) is 0 Å². The number of nitrogens with zero attached hydrogens (tertiary/aromatic N) is 1. The predicted molar refractivity (Wildman–Crippen MR) is 89.4 cm³/mol. The highest BCUT2D eigenvalue weighted by Gasteiger charge is 2.28. The van der Waals surface area contributed by atoms with E-state index in [1.165, 1.54) is 10.9 Å². The Morgan fingerprint density at radius 1 is 1.30 bits per heavy atom. The lowest BCUT2D eigenvalue weighted by atomic mass is 10.0. The second kappa shape index (κ2) is 6.56. The fourth-order valence-corrected chi connectivity index (χ4v) is 3.03. The summed E-state index contributed by atoms with van der Waals surface area (Å²) in [6, 6.07) is 12.7. The van der Waals surface area contributed by atoms with Crippen molar-refractivity contribution in [3.05, 3.63) is 42.0 Å². The van der Waals surface area contributed by atoms with Crippen molar-refractivity contribution in [3.8, 4) is 5.75 Å². The Kier molecular flexibility index (Phi) is 4.50. The van der Waals surface area contributed by atoms with Crippen molar-refractivity contribution in [3.63, 3.8) is 0 Å². The molecule has 0 aromatic heterocycles. The van der Waals surface area contributed by atoms with Crippen molar-refractivity contribution in [2.45, 2.75) is 19.1 Å². The zero-order valence-electron chi connectivity index (χ0n) is 13.5. The normalized spacial score (nSPS) is 20.3. The molecule has 0 aliphatic carbocycles. The van der Waals surface area contributed by atoms with E-state index >= 15 is 0 Å². The first kappa shape index (κ1) is 15.8. The van der Waals surface area contributed by atoms with Gasteiger partial charge in [0.05, 0.1) is 13.7 Å². The lowest BCUT2D eigenvalue weighted by Crippen LogP contribution is -2.49. The molecule has 2 aromatic rings. The lowest BCUT2D eigenvalue weighted by molar-refractivity contribution is -0.136. The minimum Gasteiger partial charge on any atom is -0.497 e. The molecule has 1 amide bonds. The maximum absolute atomic E-state index is 11.4. The van der Waals surface area contributed by atoms with E-state index in [-0.39, 0.29) is 6.04 Å². The molecule has 3 rings (SSSR count). The van der Waals surface area contributed by atoms with Gasteiger partial charge in [-0.3, -0.25) is 9.69 Å². The first-order valence-corrected chi connectivity index (χ1v) is 7.81. The summed E-state index contributed by atoms with van der Waals surface area (Å²) in [7, 11) is 1.67. The third-order valence-corrected chi connectivity index (χ3v) is 4.52. The molecule has 2 atom stereocenters. The molecule has 5 heteroatoms. The van der Waals surface area contributed by atoms with Gasteiger partial charge in [-0.1, -0.05) is 18.2 Å². The summed E-state index contributed by atoms with van der Waals surface area (Å²) >= 11 is 0. The van der Waals surface area contributed by atoms with Gasteiger partial charge in [-0.2, -0.15) is 0 Å². The average Bonchev–Trinajstić information content (AvgIpc) is 2.60. The lowest BCUT2D eigenvalue weighted by Gasteiger charge is -2.35. The summed E-state index contributed by atoms with van der Waals surface area (Å²) in [5.74, 6) is 0.461. The molecule has 0 unspecified atom stereocenters. The summed E-state index contributed by atoms with van der Waals surface area (Å²) in [6.07, 6.45) is -0.518. The van der Waals surface area contributed by atoms with Crippen molar-refractivity contribution < 1.29 is 14.3 Å². The van der Waals surface area contributed by atoms with Crippen LogP contribution in [-0.4, -0.2) is 43.7 Å². The molecule has 1 saturated heterocycles. The third-order valence-electron chi connectivity index (χ3n) is 4.52. The van der Waals surface area contributed by atoms with Gasteiger partial charge in [-0.15, -0.1) is 0 Å². The number of primary amides is 1. The van der Waals surface area contributed by atoms with Crippen LogP contribution >= 0.6 is 0 Å². The van der Waals surface area contributed by atoms with Gasteiger partial charge < -0.3 is 15.2 Å². The molecule has 23 heavy (non-hydrogen) atoms. The van der Waals surface area contributed by atoms with E-state index in [4.69, 9.17) is 15.2 Å². The minimum absolute atomic E-state index is 0.201. The molecule has 2 aromatic carbocycles. The molecular formula is C18H22N2O3. The number of carbonyl (C=O) groups excluding carboxylic acids is 1. The van der Waals surface area contributed by atoms with Crippen LogP contribution in [0.5, 0.6) is 5.75 Å². The smallest absolute Gasteiger partial charge is 0.247 e. The highest BCUT2D eigenvalue weighted by Crippen LogP contribution is 2.27. The molecule has 0 spiro atoms. The number of fused-ring (bicyclic) bond motifs is 1. The van der Waals surface area contributed by atoms with Gasteiger partial charge >= 0.3 is 0 Å². The van der Waals surface area contributed by atoms with Crippen molar-refractivity contribution in [2.24, 2.45) is 5.73 Å². The van der Waals surface area contributed by atoms with Crippen LogP contribution in [0.1, 0.15) is 18.5 Å². The number of rotatable bonds is 4. The van der Waals surface area contributed by atoms with Gasteiger partial charge in [-0.05, 0) is 41.5 Å². The predicted octanol–water partition coefficient (Wildman–Crippen LogP) is 2.10. The molecule has 1 aliphatic heterocycles. The first-order chi connectivity index (χ1) is 11.1. The monoisotopic (exact) mass is 314 g/mol. The standard InChI is InChI=1S/C18H22N2O3/c1-12(20-7-8-23-17(11-20)18(19)21)13-3-4-15-10-16(22-2)6-5-14(15)9-13/h3-6,9-10,12,17H,7-8,11H2,1-2H3,(H2,19,21)/t12-,17+/m0/s1. The van der Waals surface area contributed by atoms with Crippen LogP contribution in [-0.2, 0) is 9.53 Å². The summed E-state index contributed by atoms with van der Waals surface area (Å²) in [5, 5.41) is 2.33. The van der Waals surface area contributed by atoms with Gasteiger partial charge in [-0.25, -0.2) is 0 Å². The number of morpholine rings is 1. The van der Waals surface area contributed by atoms with E-state index in [1.807, 2.05) is 12.1 Å². The molecule has 122 valence electrons. The Morgan fingerprint density at radius 2 is 2.04 bits per heavy atom. The molecular weight excluding hydrogens is 292 g/mol.